The zero-order chi connectivity index (χ0) is 13.5. The van der Waals surface area contributed by atoms with Crippen LogP contribution in [0.1, 0.15) is 12.8 Å². The van der Waals surface area contributed by atoms with E-state index in [1.165, 1.54) is 6.26 Å². The largest absolute Gasteiger partial charge is 0.488 e. The number of sulfonamides is 1. The van der Waals surface area contributed by atoms with Crippen molar-refractivity contribution in [2.75, 3.05) is 19.3 Å². The van der Waals surface area contributed by atoms with Crippen LogP contribution in [0.4, 0.5) is 0 Å². The van der Waals surface area contributed by atoms with Crippen molar-refractivity contribution in [3.63, 3.8) is 0 Å². The summed E-state index contributed by atoms with van der Waals surface area (Å²) in [5, 5.41) is 0. The molecule has 3 rings (SSSR count). The number of aromatic nitrogens is 1. The van der Waals surface area contributed by atoms with E-state index in [1.54, 1.807) is 16.7 Å². The molecule has 1 aromatic rings. The normalized spacial score (nSPS) is 31.3. The van der Waals surface area contributed by atoms with Crippen LogP contribution in [-0.2, 0) is 10.0 Å². The van der Waals surface area contributed by atoms with Gasteiger partial charge in [0.15, 0.2) is 0 Å². The van der Waals surface area contributed by atoms with Crippen molar-refractivity contribution in [2.24, 2.45) is 11.8 Å². The number of ether oxygens (including phenoxy) is 1. The summed E-state index contributed by atoms with van der Waals surface area (Å²) in [6.07, 6.45) is 6.86. The lowest BCUT2D eigenvalue weighted by molar-refractivity contribution is 0.154. The molecule has 3 unspecified atom stereocenters. The number of hydrogen-bond acceptors (Lipinski definition) is 4. The molecule has 5 nitrogen and oxygen atoms in total. The van der Waals surface area contributed by atoms with Crippen LogP contribution >= 0.6 is 0 Å². The van der Waals surface area contributed by atoms with E-state index in [0.717, 1.165) is 18.6 Å². The molecule has 0 N–H and O–H groups in total. The van der Waals surface area contributed by atoms with E-state index >= 15 is 0 Å². The summed E-state index contributed by atoms with van der Waals surface area (Å²) in [5.41, 5.74) is 0. The van der Waals surface area contributed by atoms with Crippen molar-refractivity contribution in [2.45, 2.75) is 18.9 Å². The highest BCUT2D eigenvalue weighted by Crippen LogP contribution is 2.40. The first-order valence-corrected chi connectivity index (χ1v) is 8.40. The Kier molecular flexibility index (Phi) is 3.22. The molecule has 2 aliphatic rings. The average molecular weight is 282 g/mol. The van der Waals surface area contributed by atoms with E-state index in [-0.39, 0.29) is 6.10 Å². The molecule has 0 radical (unpaired) electrons. The van der Waals surface area contributed by atoms with Gasteiger partial charge in [0.1, 0.15) is 11.9 Å². The third-order valence-electron chi connectivity index (χ3n) is 4.15. The fourth-order valence-electron chi connectivity index (χ4n) is 3.18. The summed E-state index contributed by atoms with van der Waals surface area (Å²) in [6, 6.07) is 3.74. The predicted molar refractivity (Wildman–Crippen MR) is 71.3 cm³/mol. The highest BCUT2D eigenvalue weighted by Gasteiger charge is 2.46. The van der Waals surface area contributed by atoms with Crippen LogP contribution < -0.4 is 4.74 Å². The van der Waals surface area contributed by atoms with Gasteiger partial charge in [-0.05, 0) is 30.9 Å². The lowest BCUT2D eigenvalue weighted by Crippen LogP contribution is -2.31. The first kappa shape index (κ1) is 12.9. The Bertz CT molecular complexity index is 546. The van der Waals surface area contributed by atoms with Crippen molar-refractivity contribution in [1.82, 2.24) is 9.29 Å². The standard InChI is InChI=1S/C13H18N2O3S/c1-19(16,17)15-8-10-4-5-13(12(10)9-15)18-11-3-2-6-14-7-11/h2-3,6-7,10,12-13H,4-5,8-9H2,1H3. The summed E-state index contributed by atoms with van der Waals surface area (Å²) < 4.78 is 30.8. The van der Waals surface area contributed by atoms with Crippen molar-refractivity contribution in [3.8, 4) is 5.75 Å². The van der Waals surface area contributed by atoms with Gasteiger partial charge < -0.3 is 4.74 Å². The van der Waals surface area contributed by atoms with Gasteiger partial charge in [0.2, 0.25) is 10.0 Å². The van der Waals surface area contributed by atoms with Crippen LogP contribution in [0.15, 0.2) is 24.5 Å². The van der Waals surface area contributed by atoms with Crippen LogP contribution in [0.5, 0.6) is 5.75 Å². The molecule has 0 amide bonds. The van der Waals surface area contributed by atoms with Gasteiger partial charge in [-0.15, -0.1) is 0 Å². The number of pyridine rings is 1. The number of hydrogen-bond donors (Lipinski definition) is 0. The Labute approximate surface area is 113 Å². The summed E-state index contributed by atoms with van der Waals surface area (Å²) in [5.74, 6) is 1.53. The van der Waals surface area contributed by atoms with Crippen LogP contribution in [0.2, 0.25) is 0 Å². The lowest BCUT2D eigenvalue weighted by Gasteiger charge is -2.20. The molecular formula is C13H18N2O3S. The van der Waals surface area contributed by atoms with Crippen molar-refractivity contribution in [3.05, 3.63) is 24.5 Å². The molecule has 19 heavy (non-hydrogen) atoms. The molecule has 0 bridgehead atoms. The zero-order valence-corrected chi connectivity index (χ0v) is 11.7. The molecule has 1 aromatic heterocycles. The third-order valence-corrected chi connectivity index (χ3v) is 5.38. The maximum absolute atomic E-state index is 11.6. The maximum atomic E-state index is 11.6. The third kappa shape index (κ3) is 2.60. The predicted octanol–water partition coefficient (Wildman–Crippen LogP) is 1.13. The lowest BCUT2D eigenvalue weighted by atomic mass is 9.99. The van der Waals surface area contributed by atoms with E-state index in [0.29, 0.717) is 24.9 Å². The second-order valence-corrected chi connectivity index (χ2v) is 7.41. The van der Waals surface area contributed by atoms with Gasteiger partial charge in [-0.1, -0.05) is 0 Å². The van der Waals surface area contributed by atoms with Gasteiger partial charge in [-0.3, -0.25) is 4.98 Å². The molecule has 3 atom stereocenters. The van der Waals surface area contributed by atoms with E-state index in [2.05, 4.69) is 4.98 Å². The molecule has 1 aliphatic heterocycles. The summed E-state index contributed by atoms with van der Waals surface area (Å²) >= 11 is 0. The molecule has 1 aliphatic carbocycles. The van der Waals surface area contributed by atoms with Crippen LogP contribution in [0.3, 0.4) is 0 Å². The Morgan fingerprint density at radius 3 is 2.89 bits per heavy atom. The highest BCUT2D eigenvalue weighted by atomic mass is 32.2. The Hall–Kier alpha value is -1.14. The summed E-state index contributed by atoms with van der Waals surface area (Å²) in [7, 11) is -3.08. The average Bonchev–Trinajstić information content (AvgIpc) is 2.92. The Morgan fingerprint density at radius 1 is 1.37 bits per heavy atom. The van der Waals surface area contributed by atoms with E-state index in [9.17, 15) is 8.42 Å². The van der Waals surface area contributed by atoms with Gasteiger partial charge in [-0.2, -0.15) is 0 Å². The zero-order valence-electron chi connectivity index (χ0n) is 10.9. The molecule has 0 aromatic carbocycles. The minimum atomic E-state index is -3.08. The highest BCUT2D eigenvalue weighted by molar-refractivity contribution is 7.88. The monoisotopic (exact) mass is 282 g/mol. The minimum Gasteiger partial charge on any atom is -0.488 e. The Balaban J connectivity index is 1.70. The van der Waals surface area contributed by atoms with Crippen LogP contribution in [0, 0.1) is 11.8 Å². The van der Waals surface area contributed by atoms with Crippen molar-refractivity contribution < 1.29 is 13.2 Å². The van der Waals surface area contributed by atoms with Crippen LogP contribution in [0.25, 0.3) is 0 Å². The van der Waals surface area contributed by atoms with Crippen molar-refractivity contribution >= 4 is 10.0 Å². The molecule has 0 spiro atoms. The second kappa shape index (κ2) is 4.76. The van der Waals surface area contributed by atoms with E-state index in [1.807, 2.05) is 12.1 Å². The molecule has 104 valence electrons. The molecule has 6 heteroatoms. The van der Waals surface area contributed by atoms with Crippen LogP contribution in [-0.4, -0.2) is 43.2 Å². The summed E-state index contributed by atoms with van der Waals surface area (Å²) in [4.78, 5) is 4.04. The first-order chi connectivity index (χ1) is 9.04. The molecule has 1 saturated heterocycles. The number of fused-ring (bicyclic) bond motifs is 1. The first-order valence-electron chi connectivity index (χ1n) is 6.56. The fourth-order valence-corrected chi connectivity index (χ4v) is 4.09. The van der Waals surface area contributed by atoms with Gasteiger partial charge in [-0.25, -0.2) is 12.7 Å². The Morgan fingerprint density at radius 2 is 2.21 bits per heavy atom. The number of nitrogens with zero attached hydrogens (tertiary/aromatic N) is 2. The van der Waals surface area contributed by atoms with Gasteiger partial charge in [0, 0.05) is 25.2 Å². The molecular weight excluding hydrogens is 264 g/mol. The van der Waals surface area contributed by atoms with Gasteiger partial charge in [0.05, 0.1) is 12.5 Å². The SMILES string of the molecule is CS(=O)(=O)N1CC2CCC(Oc3cccnc3)C2C1. The minimum absolute atomic E-state index is 0.112. The van der Waals surface area contributed by atoms with Crippen molar-refractivity contribution in [1.29, 1.82) is 0 Å². The quantitative estimate of drug-likeness (QED) is 0.834. The second-order valence-electron chi connectivity index (χ2n) is 5.43. The topological polar surface area (TPSA) is 59.5 Å². The maximum Gasteiger partial charge on any atom is 0.211 e. The molecule has 2 heterocycles. The molecule has 2 fully saturated rings. The van der Waals surface area contributed by atoms with E-state index < -0.39 is 10.0 Å². The van der Waals surface area contributed by atoms with Gasteiger partial charge in [0.25, 0.3) is 0 Å². The smallest absolute Gasteiger partial charge is 0.211 e. The van der Waals surface area contributed by atoms with Gasteiger partial charge >= 0.3 is 0 Å². The number of rotatable bonds is 3. The molecule has 1 saturated carbocycles. The fraction of sp³-hybridized carbons (Fsp3) is 0.615. The van der Waals surface area contributed by atoms with E-state index in [4.69, 9.17) is 4.74 Å². The summed E-state index contributed by atoms with van der Waals surface area (Å²) in [6.45, 7) is 1.24.